The smallest absolute Gasteiger partial charge is 0.255 e. The molecule has 0 N–H and O–H groups in total. The van der Waals surface area contributed by atoms with Crippen LogP contribution in [0.2, 0.25) is 0 Å². The summed E-state index contributed by atoms with van der Waals surface area (Å²) in [5, 5.41) is 9.03. The van der Waals surface area contributed by atoms with Crippen molar-refractivity contribution >= 4 is 5.91 Å². The summed E-state index contributed by atoms with van der Waals surface area (Å²) in [6.45, 7) is 3.39. The van der Waals surface area contributed by atoms with Crippen LogP contribution in [0.5, 0.6) is 11.8 Å². The molecule has 128 valence electrons. The van der Waals surface area contributed by atoms with Crippen molar-refractivity contribution in [2.24, 2.45) is 0 Å². The number of aromatic nitrogens is 3. The first kappa shape index (κ1) is 16.6. The van der Waals surface area contributed by atoms with Crippen molar-refractivity contribution in [2.75, 3.05) is 19.7 Å². The molecule has 1 aliphatic rings. The second-order valence-corrected chi connectivity index (χ2v) is 5.42. The van der Waals surface area contributed by atoms with Gasteiger partial charge in [-0.2, -0.15) is 5.26 Å². The molecule has 8 heteroatoms. The van der Waals surface area contributed by atoms with E-state index in [1.165, 1.54) is 18.6 Å². The van der Waals surface area contributed by atoms with Crippen LogP contribution in [0.25, 0.3) is 0 Å². The highest BCUT2D eigenvalue weighted by Crippen LogP contribution is 2.20. The number of amides is 1. The molecule has 0 spiro atoms. The summed E-state index contributed by atoms with van der Waals surface area (Å²) < 4.78 is 11.0. The predicted octanol–water partition coefficient (Wildman–Crippen LogP) is 1.44. The molecular formula is C17H17N5O3. The van der Waals surface area contributed by atoms with Gasteiger partial charge in [0.05, 0.1) is 18.7 Å². The number of nitriles is 1. The Morgan fingerprint density at radius 2 is 2.20 bits per heavy atom. The molecule has 0 radical (unpaired) electrons. The summed E-state index contributed by atoms with van der Waals surface area (Å²) in [5.41, 5.74) is 0.643. The average Bonchev–Trinajstić information content (AvgIpc) is 3.11. The Balaban J connectivity index is 1.62. The minimum atomic E-state index is -0.219. The summed E-state index contributed by atoms with van der Waals surface area (Å²) in [4.78, 5) is 26.3. The number of rotatable bonds is 5. The van der Waals surface area contributed by atoms with E-state index in [2.05, 4.69) is 15.0 Å². The van der Waals surface area contributed by atoms with E-state index < -0.39 is 0 Å². The maximum atomic E-state index is 12.5. The zero-order chi connectivity index (χ0) is 17.6. The van der Waals surface area contributed by atoms with Gasteiger partial charge >= 0.3 is 0 Å². The van der Waals surface area contributed by atoms with Crippen LogP contribution >= 0.6 is 0 Å². The van der Waals surface area contributed by atoms with Gasteiger partial charge in [-0.1, -0.05) is 0 Å². The van der Waals surface area contributed by atoms with E-state index in [1.54, 1.807) is 17.0 Å². The van der Waals surface area contributed by atoms with E-state index in [-0.39, 0.29) is 23.6 Å². The van der Waals surface area contributed by atoms with Crippen LogP contribution in [0.3, 0.4) is 0 Å². The fraction of sp³-hybridized carbons (Fsp3) is 0.353. The number of hydrogen-bond acceptors (Lipinski definition) is 7. The van der Waals surface area contributed by atoms with Crippen LogP contribution in [0, 0.1) is 11.3 Å². The molecule has 25 heavy (non-hydrogen) atoms. The van der Waals surface area contributed by atoms with E-state index in [4.69, 9.17) is 14.7 Å². The first-order valence-electron chi connectivity index (χ1n) is 7.97. The Bertz CT molecular complexity index is 788. The van der Waals surface area contributed by atoms with E-state index in [0.29, 0.717) is 37.6 Å². The first-order chi connectivity index (χ1) is 12.2. The Kier molecular flexibility index (Phi) is 5.04. The third-order valence-electron chi connectivity index (χ3n) is 3.76. The molecule has 0 saturated carbocycles. The molecule has 1 saturated heterocycles. The number of nitrogens with zero attached hydrogens (tertiary/aromatic N) is 5. The fourth-order valence-electron chi connectivity index (χ4n) is 2.58. The van der Waals surface area contributed by atoms with Gasteiger partial charge in [0.25, 0.3) is 11.8 Å². The van der Waals surface area contributed by atoms with Crippen molar-refractivity contribution in [3.8, 4) is 17.8 Å². The monoisotopic (exact) mass is 339 g/mol. The predicted molar refractivity (Wildman–Crippen MR) is 87.1 cm³/mol. The van der Waals surface area contributed by atoms with Crippen molar-refractivity contribution < 1.29 is 14.3 Å². The van der Waals surface area contributed by atoms with Crippen molar-refractivity contribution in [1.29, 1.82) is 5.26 Å². The standard InChI is InChI=1S/C17H17N5O3/c1-2-24-15-4-3-12(10-21-15)17(23)22-8-5-13(11-22)25-16-14(9-18)19-6-7-20-16/h3-4,6-7,10,13H,2,5,8,11H2,1H3. The summed E-state index contributed by atoms with van der Waals surface area (Å²) >= 11 is 0. The molecule has 1 unspecified atom stereocenters. The SMILES string of the molecule is CCOc1ccc(C(=O)N2CCC(Oc3nccnc3C#N)C2)cn1. The molecule has 1 atom stereocenters. The minimum Gasteiger partial charge on any atom is -0.478 e. The van der Waals surface area contributed by atoms with Gasteiger partial charge in [0.1, 0.15) is 12.2 Å². The molecule has 0 bridgehead atoms. The highest BCUT2D eigenvalue weighted by Gasteiger charge is 2.29. The molecule has 0 aromatic carbocycles. The van der Waals surface area contributed by atoms with Gasteiger partial charge in [-0.25, -0.2) is 15.0 Å². The van der Waals surface area contributed by atoms with Gasteiger partial charge in [-0.05, 0) is 13.0 Å². The number of hydrogen-bond donors (Lipinski definition) is 0. The molecule has 2 aromatic rings. The van der Waals surface area contributed by atoms with Gasteiger partial charge in [-0.3, -0.25) is 4.79 Å². The average molecular weight is 339 g/mol. The van der Waals surface area contributed by atoms with E-state index in [0.717, 1.165) is 0 Å². The van der Waals surface area contributed by atoms with Crippen LogP contribution in [-0.4, -0.2) is 51.6 Å². The molecule has 3 rings (SSSR count). The van der Waals surface area contributed by atoms with E-state index in [1.807, 2.05) is 13.0 Å². The zero-order valence-electron chi connectivity index (χ0n) is 13.8. The summed E-state index contributed by atoms with van der Waals surface area (Å²) in [7, 11) is 0. The summed E-state index contributed by atoms with van der Waals surface area (Å²) in [6, 6.07) is 5.33. The molecule has 0 aliphatic carbocycles. The molecule has 1 amide bonds. The second kappa shape index (κ2) is 7.57. The van der Waals surface area contributed by atoms with Crippen molar-refractivity contribution in [3.05, 3.63) is 42.0 Å². The lowest BCUT2D eigenvalue weighted by Crippen LogP contribution is -2.31. The first-order valence-corrected chi connectivity index (χ1v) is 7.97. The molecule has 3 heterocycles. The number of likely N-dealkylation sites (tertiary alicyclic amines) is 1. The van der Waals surface area contributed by atoms with E-state index in [9.17, 15) is 4.79 Å². The maximum absolute atomic E-state index is 12.5. The largest absolute Gasteiger partial charge is 0.478 e. The highest BCUT2D eigenvalue weighted by molar-refractivity contribution is 5.94. The Morgan fingerprint density at radius 1 is 1.36 bits per heavy atom. The molecule has 1 aliphatic heterocycles. The van der Waals surface area contributed by atoms with Gasteiger partial charge in [0.2, 0.25) is 11.6 Å². The van der Waals surface area contributed by atoms with Gasteiger partial charge in [-0.15, -0.1) is 0 Å². The number of carbonyl (C=O) groups is 1. The lowest BCUT2D eigenvalue weighted by atomic mass is 10.2. The van der Waals surface area contributed by atoms with Crippen LogP contribution in [0.4, 0.5) is 0 Å². The Labute approximate surface area is 145 Å². The van der Waals surface area contributed by atoms with Gasteiger partial charge < -0.3 is 14.4 Å². The summed E-state index contributed by atoms with van der Waals surface area (Å²) in [6.07, 6.45) is 4.87. The van der Waals surface area contributed by atoms with Crippen molar-refractivity contribution in [1.82, 2.24) is 19.9 Å². The molecule has 1 fully saturated rings. The second-order valence-electron chi connectivity index (χ2n) is 5.42. The quantitative estimate of drug-likeness (QED) is 0.812. The number of carbonyl (C=O) groups excluding carboxylic acids is 1. The number of ether oxygens (including phenoxy) is 2. The molecule has 2 aromatic heterocycles. The topological polar surface area (TPSA) is 101 Å². The molecular weight excluding hydrogens is 322 g/mol. The summed E-state index contributed by atoms with van der Waals surface area (Å²) in [5.74, 6) is 0.585. The third-order valence-corrected chi connectivity index (χ3v) is 3.76. The Morgan fingerprint density at radius 3 is 2.92 bits per heavy atom. The normalized spacial score (nSPS) is 16.3. The third kappa shape index (κ3) is 3.83. The zero-order valence-corrected chi connectivity index (χ0v) is 13.8. The number of pyridine rings is 1. The Hall–Kier alpha value is -3.21. The van der Waals surface area contributed by atoms with E-state index >= 15 is 0 Å². The van der Waals surface area contributed by atoms with Gasteiger partial charge in [0, 0.05) is 37.6 Å². The highest BCUT2D eigenvalue weighted by atomic mass is 16.5. The molecule has 8 nitrogen and oxygen atoms in total. The van der Waals surface area contributed by atoms with Crippen molar-refractivity contribution in [3.63, 3.8) is 0 Å². The van der Waals surface area contributed by atoms with Crippen LogP contribution in [0.1, 0.15) is 29.4 Å². The fourth-order valence-corrected chi connectivity index (χ4v) is 2.58. The lowest BCUT2D eigenvalue weighted by molar-refractivity contribution is 0.0770. The minimum absolute atomic E-state index is 0.110. The maximum Gasteiger partial charge on any atom is 0.255 e. The lowest BCUT2D eigenvalue weighted by Gasteiger charge is -2.17. The van der Waals surface area contributed by atoms with Crippen LogP contribution in [-0.2, 0) is 0 Å². The van der Waals surface area contributed by atoms with Gasteiger partial charge in [0.15, 0.2) is 0 Å². The van der Waals surface area contributed by atoms with Crippen molar-refractivity contribution in [2.45, 2.75) is 19.4 Å². The van der Waals surface area contributed by atoms with Crippen LogP contribution in [0.15, 0.2) is 30.7 Å². The van der Waals surface area contributed by atoms with Crippen LogP contribution < -0.4 is 9.47 Å².